The van der Waals surface area contributed by atoms with Crippen molar-refractivity contribution < 1.29 is 4.74 Å². The molecule has 0 atom stereocenters. The number of anilines is 1. The van der Waals surface area contributed by atoms with Gasteiger partial charge in [0.05, 0.1) is 17.8 Å². The highest BCUT2D eigenvalue weighted by Gasteiger charge is 2.08. The van der Waals surface area contributed by atoms with Crippen molar-refractivity contribution in [3.05, 3.63) is 46.4 Å². The van der Waals surface area contributed by atoms with Crippen molar-refractivity contribution in [2.75, 3.05) is 12.8 Å². The minimum Gasteiger partial charge on any atom is -0.481 e. The molecule has 2 rings (SSSR count). The zero-order valence-corrected chi connectivity index (χ0v) is 11.0. The maximum Gasteiger partial charge on any atom is 0.216 e. The van der Waals surface area contributed by atoms with Gasteiger partial charge in [0.25, 0.3) is 0 Å². The molecule has 2 N–H and O–H groups in total. The Hall–Kier alpha value is -1.81. The van der Waals surface area contributed by atoms with Gasteiger partial charge < -0.3 is 10.5 Å². The van der Waals surface area contributed by atoms with Gasteiger partial charge in [-0.1, -0.05) is 23.7 Å². The monoisotopic (exact) mass is 263 g/mol. The molecule has 0 radical (unpaired) electrons. The van der Waals surface area contributed by atoms with E-state index < -0.39 is 0 Å². The predicted molar refractivity (Wildman–Crippen MR) is 72.0 cm³/mol. The van der Waals surface area contributed by atoms with Gasteiger partial charge in [-0.15, -0.1) is 0 Å². The first-order chi connectivity index (χ1) is 8.60. The quantitative estimate of drug-likeness (QED) is 0.865. The van der Waals surface area contributed by atoms with E-state index in [1.807, 2.05) is 19.1 Å². The second kappa shape index (κ2) is 5.23. The third-order valence-corrected chi connectivity index (χ3v) is 2.91. The van der Waals surface area contributed by atoms with Crippen LogP contribution < -0.4 is 10.5 Å². The lowest BCUT2D eigenvalue weighted by atomic mass is 10.1. The summed E-state index contributed by atoms with van der Waals surface area (Å²) in [6, 6.07) is 7.32. The summed E-state index contributed by atoms with van der Waals surface area (Å²) in [5, 5.41) is 0.548. The summed E-state index contributed by atoms with van der Waals surface area (Å²) < 4.78 is 5.12. The molecular weight excluding hydrogens is 250 g/mol. The maximum atomic E-state index is 5.98. The number of aryl methyl sites for hydroxylation is 1. The van der Waals surface area contributed by atoms with Gasteiger partial charge in [-0.05, 0) is 18.6 Å². The van der Waals surface area contributed by atoms with E-state index in [4.69, 9.17) is 22.1 Å². The third-order valence-electron chi connectivity index (χ3n) is 2.58. The van der Waals surface area contributed by atoms with E-state index in [2.05, 4.69) is 9.97 Å². The molecule has 94 valence electrons. The van der Waals surface area contributed by atoms with Gasteiger partial charge in [0.2, 0.25) is 5.88 Å². The van der Waals surface area contributed by atoms with Gasteiger partial charge in [-0.25, -0.2) is 4.98 Å². The number of hydrogen-bond acceptors (Lipinski definition) is 4. The van der Waals surface area contributed by atoms with Crippen molar-refractivity contribution in [1.29, 1.82) is 0 Å². The van der Waals surface area contributed by atoms with E-state index in [1.54, 1.807) is 19.2 Å². The first-order valence-corrected chi connectivity index (χ1v) is 5.89. The zero-order chi connectivity index (χ0) is 13.1. The highest BCUT2D eigenvalue weighted by atomic mass is 35.5. The number of rotatable bonds is 3. The normalized spacial score (nSPS) is 10.4. The fourth-order valence-electron chi connectivity index (χ4n) is 1.69. The van der Waals surface area contributed by atoms with Crippen LogP contribution in [0.2, 0.25) is 5.02 Å². The van der Waals surface area contributed by atoms with Gasteiger partial charge in [0.1, 0.15) is 5.82 Å². The van der Waals surface area contributed by atoms with Crippen molar-refractivity contribution >= 4 is 17.3 Å². The summed E-state index contributed by atoms with van der Waals surface area (Å²) in [5.41, 5.74) is 8.26. The molecule has 2 aromatic rings. The van der Waals surface area contributed by atoms with Crippen LogP contribution >= 0.6 is 11.6 Å². The number of aromatic nitrogens is 2. The van der Waals surface area contributed by atoms with Gasteiger partial charge in [0.15, 0.2) is 0 Å². The molecule has 5 heteroatoms. The Morgan fingerprint density at radius 2 is 2.11 bits per heavy atom. The number of hydrogen-bond donors (Lipinski definition) is 1. The van der Waals surface area contributed by atoms with Crippen LogP contribution in [-0.2, 0) is 6.42 Å². The molecule has 0 unspecified atom stereocenters. The molecule has 1 aromatic carbocycles. The summed E-state index contributed by atoms with van der Waals surface area (Å²) >= 11 is 5.98. The minimum absolute atomic E-state index is 0.532. The van der Waals surface area contributed by atoms with Crippen LogP contribution in [0.1, 0.15) is 17.1 Å². The molecule has 0 saturated heterocycles. The van der Waals surface area contributed by atoms with Crippen molar-refractivity contribution in [3.63, 3.8) is 0 Å². The van der Waals surface area contributed by atoms with Crippen LogP contribution in [0.4, 0.5) is 5.69 Å². The molecule has 0 aliphatic rings. The zero-order valence-electron chi connectivity index (χ0n) is 10.3. The van der Waals surface area contributed by atoms with Gasteiger partial charge >= 0.3 is 0 Å². The molecule has 0 amide bonds. The van der Waals surface area contributed by atoms with Crippen LogP contribution in [0, 0.1) is 6.92 Å². The number of ether oxygens (including phenoxy) is 1. The van der Waals surface area contributed by atoms with Gasteiger partial charge in [-0.2, -0.15) is 4.98 Å². The van der Waals surface area contributed by atoms with Crippen molar-refractivity contribution in [2.24, 2.45) is 0 Å². The first kappa shape index (κ1) is 12.6. The van der Waals surface area contributed by atoms with Crippen LogP contribution in [-0.4, -0.2) is 17.1 Å². The second-order valence-corrected chi connectivity index (χ2v) is 4.36. The maximum absolute atomic E-state index is 5.98. The van der Waals surface area contributed by atoms with Crippen LogP contribution in [0.3, 0.4) is 0 Å². The molecule has 1 heterocycles. The summed E-state index contributed by atoms with van der Waals surface area (Å²) in [6.07, 6.45) is 0.532. The Kier molecular flexibility index (Phi) is 3.67. The number of methoxy groups -OCH3 is 1. The number of nitrogen functional groups attached to an aromatic ring is 1. The Balaban J connectivity index is 2.34. The van der Waals surface area contributed by atoms with Crippen molar-refractivity contribution in [1.82, 2.24) is 9.97 Å². The number of nitrogens with two attached hydrogens (primary N) is 1. The number of para-hydroxylation sites is 1. The van der Waals surface area contributed by atoms with E-state index in [0.29, 0.717) is 28.8 Å². The fourth-order valence-corrected chi connectivity index (χ4v) is 1.88. The van der Waals surface area contributed by atoms with Crippen molar-refractivity contribution in [3.8, 4) is 5.88 Å². The molecular formula is C13H14ClN3O. The smallest absolute Gasteiger partial charge is 0.216 e. The molecule has 0 fully saturated rings. The molecule has 1 aromatic heterocycles. The van der Waals surface area contributed by atoms with E-state index in [9.17, 15) is 0 Å². The average molecular weight is 264 g/mol. The third kappa shape index (κ3) is 2.71. The lowest BCUT2D eigenvalue weighted by molar-refractivity contribution is 0.394. The molecule has 0 aliphatic carbocycles. The Bertz CT molecular complexity index is 572. The predicted octanol–water partition coefficient (Wildman–Crippen LogP) is 2.62. The minimum atomic E-state index is 0.532. The molecule has 4 nitrogen and oxygen atoms in total. The highest BCUT2D eigenvalue weighted by Crippen LogP contribution is 2.24. The van der Waals surface area contributed by atoms with Gasteiger partial charge in [0, 0.05) is 18.2 Å². The van der Waals surface area contributed by atoms with Gasteiger partial charge in [-0.3, -0.25) is 0 Å². The van der Waals surface area contributed by atoms with Crippen molar-refractivity contribution in [2.45, 2.75) is 13.3 Å². The molecule has 0 aliphatic heterocycles. The molecule has 0 bridgehead atoms. The summed E-state index contributed by atoms with van der Waals surface area (Å²) in [5.74, 6) is 1.22. The van der Waals surface area contributed by atoms with E-state index in [0.717, 1.165) is 11.3 Å². The Morgan fingerprint density at radius 3 is 2.83 bits per heavy atom. The topological polar surface area (TPSA) is 61.0 Å². The SMILES string of the molecule is COc1cc(C)nc(Cc2cccc(Cl)c2N)n1. The standard InChI is InChI=1S/C13H14ClN3O/c1-8-6-12(18-2)17-11(16-8)7-9-4-3-5-10(14)13(9)15/h3-6H,7,15H2,1-2H3. The highest BCUT2D eigenvalue weighted by molar-refractivity contribution is 6.33. The van der Waals surface area contributed by atoms with E-state index >= 15 is 0 Å². The lowest BCUT2D eigenvalue weighted by Crippen LogP contribution is -2.03. The number of nitrogens with zero attached hydrogens (tertiary/aromatic N) is 2. The van der Waals surface area contributed by atoms with Crippen LogP contribution in [0.15, 0.2) is 24.3 Å². The summed E-state index contributed by atoms with van der Waals surface area (Å²) in [7, 11) is 1.58. The first-order valence-electron chi connectivity index (χ1n) is 5.51. The largest absolute Gasteiger partial charge is 0.481 e. The summed E-state index contributed by atoms with van der Waals surface area (Å²) in [6.45, 7) is 1.90. The summed E-state index contributed by atoms with van der Waals surface area (Å²) in [4.78, 5) is 8.64. The second-order valence-electron chi connectivity index (χ2n) is 3.96. The van der Waals surface area contributed by atoms with E-state index in [1.165, 1.54) is 0 Å². The molecule has 0 spiro atoms. The van der Waals surface area contributed by atoms with Crippen LogP contribution in [0.25, 0.3) is 0 Å². The lowest BCUT2D eigenvalue weighted by Gasteiger charge is -2.08. The van der Waals surface area contributed by atoms with E-state index in [-0.39, 0.29) is 0 Å². The van der Waals surface area contributed by atoms with Crippen LogP contribution in [0.5, 0.6) is 5.88 Å². The Labute approximate surface area is 111 Å². The Morgan fingerprint density at radius 1 is 1.33 bits per heavy atom. The molecule has 0 saturated carbocycles. The number of benzene rings is 1. The molecule has 18 heavy (non-hydrogen) atoms. The average Bonchev–Trinajstić information content (AvgIpc) is 2.34. The number of halogens is 1. The fraction of sp³-hybridized carbons (Fsp3) is 0.231.